The van der Waals surface area contributed by atoms with Crippen molar-refractivity contribution in [3.05, 3.63) is 28.8 Å². The maximum atomic E-state index is 13.0. The third-order valence-corrected chi connectivity index (χ3v) is 2.92. The first-order valence-corrected chi connectivity index (χ1v) is 6.49. The Morgan fingerprint density at radius 3 is 2.00 bits per heavy atom. The van der Waals surface area contributed by atoms with Crippen molar-refractivity contribution in [2.75, 3.05) is 0 Å². The number of halogens is 6. The average Bonchev–Trinajstić information content (AvgIpc) is 2.44. The van der Waals surface area contributed by atoms with Crippen LogP contribution in [0.25, 0.3) is 0 Å². The first-order chi connectivity index (χ1) is 11.2. The van der Waals surface area contributed by atoms with E-state index in [2.05, 4.69) is 4.74 Å². The monoisotopic (exact) mass is 372 g/mol. The Labute approximate surface area is 136 Å². The van der Waals surface area contributed by atoms with E-state index >= 15 is 0 Å². The Balaban J connectivity index is 3.16. The van der Waals surface area contributed by atoms with Crippen LogP contribution in [-0.2, 0) is 26.7 Å². The van der Waals surface area contributed by atoms with Gasteiger partial charge < -0.3 is 9.84 Å². The standard InChI is InChI=1S/C14H10F6O5/c1-6-4-7(13(15,16)17)5-8(14(18,19)20)11(6)25-10(22)3-2-9(21)12(23)24/h4-5H,2-3H2,1H3,(H,23,24). The summed E-state index contributed by atoms with van der Waals surface area (Å²) in [5.41, 5.74) is -3.98. The van der Waals surface area contributed by atoms with Gasteiger partial charge in [0.25, 0.3) is 0 Å². The lowest BCUT2D eigenvalue weighted by Crippen LogP contribution is -2.19. The van der Waals surface area contributed by atoms with Gasteiger partial charge >= 0.3 is 24.3 Å². The molecule has 0 saturated heterocycles. The molecule has 11 heteroatoms. The summed E-state index contributed by atoms with van der Waals surface area (Å²) in [5.74, 6) is -5.72. The number of Topliss-reactive ketones (excluding diaryl/α,β-unsaturated/α-hetero) is 1. The van der Waals surface area contributed by atoms with Crippen molar-refractivity contribution in [1.29, 1.82) is 0 Å². The van der Waals surface area contributed by atoms with Gasteiger partial charge in [-0.3, -0.25) is 9.59 Å². The van der Waals surface area contributed by atoms with Gasteiger partial charge in [-0.15, -0.1) is 0 Å². The van der Waals surface area contributed by atoms with Crippen LogP contribution in [0.15, 0.2) is 12.1 Å². The molecule has 138 valence electrons. The fraction of sp³-hybridized carbons (Fsp3) is 0.357. The largest absolute Gasteiger partial charge is 0.476 e. The topological polar surface area (TPSA) is 80.7 Å². The van der Waals surface area contributed by atoms with Crippen molar-refractivity contribution in [2.45, 2.75) is 32.1 Å². The Morgan fingerprint density at radius 2 is 1.56 bits per heavy atom. The minimum Gasteiger partial charge on any atom is -0.476 e. The van der Waals surface area contributed by atoms with Crippen molar-refractivity contribution in [3.63, 3.8) is 0 Å². The summed E-state index contributed by atoms with van der Waals surface area (Å²) in [6.07, 6.45) is -11.9. The first kappa shape index (κ1) is 20.5. The molecule has 0 unspecified atom stereocenters. The number of esters is 1. The maximum Gasteiger partial charge on any atom is 0.420 e. The second-order valence-corrected chi connectivity index (χ2v) is 4.87. The number of carboxylic acids is 1. The number of benzene rings is 1. The molecule has 1 N–H and O–H groups in total. The normalized spacial score (nSPS) is 12.0. The number of aryl methyl sites for hydroxylation is 1. The molecule has 0 aromatic heterocycles. The van der Waals surface area contributed by atoms with Crippen molar-refractivity contribution in [3.8, 4) is 5.75 Å². The molecule has 0 aliphatic rings. The molecule has 0 heterocycles. The lowest BCUT2D eigenvalue weighted by molar-refractivity contribution is -0.149. The van der Waals surface area contributed by atoms with Crippen molar-refractivity contribution in [2.24, 2.45) is 0 Å². The molecule has 0 aliphatic heterocycles. The van der Waals surface area contributed by atoms with E-state index in [4.69, 9.17) is 5.11 Å². The Kier molecular flexibility index (Phi) is 5.82. The predicted octanol–water partition coefficient (Wildman–Crippen LogP) is 3.37. The molecule has 0 aliphatic carbocycles. The molecule has 1 rings (SSSR count). The van der Waals surface area contributed by atoms with Crippen molar-refractivity contribution >= 4 is 17.7 Å². The summed E-state index contributed by atoms with van der Waals surface area (Å²) >= 11 is 0. The molecule has 0 spiro atoms. The second kappa shape index (κ2) is 7.11. The number of carbonyl (C=O) groups is 3. The van der Waals surface area contributed by atoms with E-state index in [0.29, 0.717) is 6.07 Å². The number of aliphatic carboxylic acids is 1. The van der Waals surface area contributed by atoms with Gasteiger partial charge in [0.05, 0.1) is 17.5 Å². The van der Waals surface area contributed by atoms with Crippen molar-refractivity contribution < 1.29 is 50.6 Å². The highest BCUT2D eigenvalue weighted by atomic mass is 19.4. The van der Waals surface area contributed by atoms with E-state index in [1.807, 2.05) is 0 Å². The molecule has 0 amide bonds. The number of alkyl halides is 6. The van der Waals surface area contributed by atoms with Gasteiger partial charge in [0, 0.05) is 6.42 Å². The first-order valence-electron chi connectivity index (χ1n) is 6.49. The summed E-state index contributed by atoms with van der Waals surface area (Å²) in [5, 5.41) is 8.33. The quantitative estimate of drug-likeness (QED) is 0.371. The molecule has 0 bridgehead atoms. The number of hydrogen-bond acceptors (Lipinski definition) is 4. The van der Waals surface area contributed by atoms with E-state index in [1.165, 1.54) is 0 Å². The van der Waals surface area contributed by atoms with E-state index in [0.717, 1.165) is 6.92 Å². The van der Waals surface area contributed by atoms with Crippen LogP contribution in [-0.4, -0.2) is 22.8 Å². The fourth-order valence-corrected chi connectivity index (χ4v) is 1.77. The van der Waals surface area contributed by atoms with Gasteiger partial charge in [0.1, 0.15) is 5.75 Å². The van der Waals surface area contributed by atoms with Gasteiger partial charge in [0.2, 0.25) is 5.78 Å². The highest BCUT2D eigenvalue weighted by Crippen LogP contribution is 2.42. The van der Waals surface area contributed by atoms with Crippen LogP contribution in [0.1, 0.15) is 29.5 Å². The molecule has 0 radical (unpaired) electrons. The van der Waals surface area contributed by atoms with Crippen LogP contribution in [0.2, 0.25) is 0 Å². The average molecular weight is 372 g/mol. The van der Waals surface area contributed by atoms with Crippen LogP contribution in [0.3, 0.4) is 0 Å². The zero-order chi connectivity index (χ0) is 19.6. The molecule has 0 saturated carbocycles. The van der Waals surface area contributed by atoms with Crippen LogP contribution in [0.5, 0.6) is 5.75 Å². The maximum absolute atomic E-state index is 13.0. The number of carbonyl (C=O) groups excluding carboxylic acids is 2. The number of rotatable bonds is 5. The molecule has 5 nitrogen and oxygen atoms in total. The molecule has 25 heavy (non-hydrogen) atoms. The smallest absolute Gasteiger partial charge is 0.420 e. The van der Waals surface area contributed by atoms with Gasteiger partial charge in [-0.1, -0.05) is 0 Å². The third kappa shape index (κ3) is 5.47. The molecule has 0 fully saturated rings. The van der Waals surface area contributed by atoms with Crippen molar-refractivity contribution in [1.82, 2.24) is 0 Å². The van der Waals surface area contributed by atoms with Gasteiger partial charge in [0.15, 0.2) is 0 Å². The minimum atomic E-state index is -5.24. The number of hydrogen-bond donors (Lipinski definition) is 1. The molecular formula is C14H10F6O5. The zero-order valence-corrected chi connectivity index (χ0v) is 12.4. The van der Waals surface area contributed by atoms with Crippen LogP contribution in [0, 0.1) is 6.92 Å². The summed E-state index contributed by atoms with van der Waals surface area (Å²) in [6, 6.07) is 0.179. The molecule has 0 atom stereocenters. The summed E-state index contributed by atoms with van der Waals surface area (Å²) in [7, 11) is 0. The highest BCUT2D eigenvalue weighted by Gasteiger charge is 2.40. The third-order valence-electron chi connectivity index (χ3n) is 2.92. The van der Waals surface area contributed by atoms with E-state index in [1.54, 1.807) is 0 Å². The van der Waals surface area contributed by atoms with Gasteiger partial charge in [-0.25, -0.2) is 4.79 Å². The van der Waals surface area contributed by atoms with Crippen LogP contribution in [0.4, 0.5) is 26.3 Å². The summed E-state index contributed by atoms with van der Waals surface area (Å²) < 4.78 is 81.3. The second-order valence-electron chi connectivity index (χ2n) is 4.87. The van der Waals surface area contributed by atoms with Crippen LogP contribution < -0.4 is 4.74 Å². The Bertz CT molecular complexity index is 705. The minimum absolute atomic E-state index is 0.196. The number of carboxylic acid groups (broad SMARTS) is 1. The van der Waals surface area contributed by atoms with Gasteiger partial charge in [-0.2, -0.15) is 26.3 Å². The van der Waals surface area contributed by atoms with Crippen LogP contribution >= 0.6 is 0 Å². The zero-order valence-electron chi connectivity index (χ0n) is 12.4. The highest BCUT2D eigenvalue weighted by molar-refractivity contribution is 6.32. The lowest BCUT2D eigenvalue weighted by Gasteiger charge is -2.18. The van der Waals surface area contributed by atoms with E-state index in [9.17, 15) is 40.7 Å². The summed E-state index contributed by atoms with van der Waals surface area (Å²) in [4.78, 5) is 32.6. The Morgan fingerprint density at radius 1 is 1.00 bits per heavy atom. The Hall–Kier alpha value is -2.59. The van der Waals surface area contributed by atoms with E-state index < -0.39 is 65.4 Å². The lowest BCUT2D eigenvalue weighted by atomic mass is 10.0. The molecular weight excluding hydrogens is 362 g/mol. The summed E-state index contributed by atoms with van der Waals surface area (Å²) in [6.45, 7) is 0.884. The predicted molar refractivity (Wildman–Crippen MR) is 68.7 cm³/mol. The van der Waals surface area contributed by atoms with E-state index in [-0.39, 0.29) is 6.07 Å². The fourth-order valence-electron chi connectivity index (χ4n) is 1.77. The number of ketones is 1. The number of ether oxygens (including phenoxy) is 1. The SMILES string of the molecule is Cc1cc(C(F)(F)F)cc(C(F)(F)F)c1OC(=O)CCC(=O)C(=O)O. The molecule has 1 aromatic rings. The van der Waals surface area contributed by atoms with Gasteiger partial charge in [-0.05, 0) is 24.6 Å². The molecule has 1 aromatic carbocycles.